The summed E-state index contributed by atoms with van der Waals surface area (Å²) >= 11 is 1.45. The van der Waals surface area contributed by atoms with Crippen molar-refractivity contribution in [3.05, 3.63) is 5.82 Å². The van der Waals surface area contributed by atoms with Gasteiger partial charge in [0.05, 0.1) is 5.75 Å². The second kappa shape index (κ2) is 6.18. The molecule has 1 aliphatic heterocycles. The number of rotatable bonds is 4. The summed E-state index contributed by atoms with van der Waals surface area (Å²) in [4.78, 5) is 9.07. The SMILES string of the molecule is CC(C)(C)c1nsc(N2CCN(CCS(C)(=O)=O)CC2)n1. The first kappa shape index (κ1) is 16.6. The summed E-state index contributed by atoms with van der Waals surface area (Å²) in [6.07, 6.45) is 1.29. The van der Waals surface area contributed by atoms with E-state index in [1.165, 1.54) is 17.8 Å². The molecule has 8 heteroatoms. The molecule has 0 amide bonds. The lowest BCUT2D eigenvalue weighted by Gasteiger charge is -2.34. The van der Waals surface area contributed by atoms with Crippen LogP contribution < -0.4 is 4.90 Å². The number of hydrogen-bond acceptors (Lipinski definition) is 7. The molecule has 120 valence electrons. The molecule has 0 N–H and O–H groups in total. The van der Waals surface area contributed by atoms with E-state index in [9.17, 15) is 8.42 Å². The minimum absolute atomic E-state index is 0.0218. The maximum Gasteiger partial charge on any atom is 0.205 e. The van der Waals surface area contributed by atoms with Gasteiger partial charge in [-0.1, -0.05) is 20.8 Å². The van der Waals surface area contributed by atoms with Crippen molar-refractivity contribution < 1.29 is 8.42 Å². The quantitative estimate of drug-likeness (QED) is 0.819. The van der Waals surface area contributed by atoms with E-state index in [1.807, 2.05) is 0 Å². The Morgan fingerprint density at radius 1 is 1.19 bits per heavy atom. The lowest BCUT2D eigenvalue weighted by molar-refractivity contribution is 0.272. The van der Waals surface area contributed by atoms with Crippen LogP contribution in [0.15, 0.2) is 0 Å². The van der Waals surface area contributed by atoms with Crippen molar-refractivity contribution in [2.75, 3.05) is 49.6 Å². The van der Waals surface area contributed by atoms with Crippen molar-refractivity contribution in [3.63, 3.8) is 0 Å². The third kappa shape index (κ3) is 4.89. The lowest BCUT2D eigenvalue weighted by atomic mass is 9.96. The van der Waals surface area contributed by atoms with Crippen molar-refractivity contribution in [2.45, 2.75) is 26.2 Å². The lowest BCUT2D eigenvalue weighted by Crippen LogP contribution is -2.47. The molecule has 1 aliphatic rings. The van der Waals surface area contributed by atoms with Gasteiger partial charge in [0.15, 0.2) is 0 Å². The highest BCUT2D eigenvalue weighted by atomic mass is 32.2. The molecular formula is C13H24N4O2S2. The van der Waals surface area contributed by atoms with Crippen LogP contribution in [0, 0.1) is 0 Å². The summed E-state index contributed by atoms with van der Waals surface area (Å²) in [6.45, 7) is 10.5. The van der Waals surface area contributed by atoms with Crippen LogP contribution in [0.1, 0.15) is 26.6 Å². The first-order valence-corrected chi connectivity index (χ1v) is 9.98. The molecule has 0 unspecified atom stereocenters. The highest BCUT2D eigenvalue weighted by Gasteiger charge is 2.24. The number of nitrogens with zero attached hydrogens (tertiary/aromatic N) is 4. The van der Waals surface area contributed by atoms with E-state index in [2.05, 4.69) is 39.9 Å². The van der Waals surface area contributed by atoms with Gasteiger partial charge in [0.25, 0.3) is 0 Å². The largest absolute Gasteiger partial charge is 0.344 e. The van der Waals surface area contributed by atoms with Crippen LogP contribution in [0.3, 0.4) is 0 Å². The van der Waals surface area contributed by atoms with Crippen molar-refractivity contribution in [3.8, 4) is 0 Å². The number of hydrogen-bond donors (Lipinski definition) is 0. The standard InChI is InChI=1S/C13H24N4O2S2/c1-13(2,3)11-14-12(20-15-11)17-7-5-16(6-8-17)9-10-21(4,18)19/h5-10H2,1-4H3. The zero-order chi connectivity index (χ0) is 15.7. The van der Waals surface area contributed by atoms with Crippen LogP contribution in [0.25, 0.3) is 0 Å². The molecule has 2 heterocycles. The summed E-state index contributed by atoms with van der Waals surface area (Å²) in [5, 5.41) is 0.975. The van der Waals surface area contributed by atoms with E-state index in [-0.39, 0.29) is 11.2 Å². The molecule has 6 nitrogen and oxygen atoms in total. The minimum atomic E-state index is -2.88. The monoisotopic (exact) mass is 332 g/mol. The molecule has 0 radical (unpaired) electrons. The fraction of sp³-hybridized carbons (Fsp3) is 0.846. The van der Waals surface area contributed by atoms with Crippen molar-refractivity contribution in [1.29, 1.82) is 0 Å². The molecule has 0 bridgehead atoms. The average Bonchev–Trinajstić information content (AvgIpc) is 2.85. The summed E-state index contributed by atoms with van der Waals surface area (Å²) in [5.74, 6) is 1.13. The van der Waals surface area contributed by atoms with Gasteiger partial charge in [0.2, 0.25) is 5.13 Å². The smallest absolute Gasteiger partial charge is 0.205 e. The van der Waals surface area contributed by atoms with Crippen molar-refractivity contribution >= 4 is 26.5 Å². The molecule has 0 saturated carbocycles. The second-order valence-electron chi connectivity index (χ2n) is 6.61. The van der Waals surface area contributed by atoms with Gasteiger partial charge >= 0.3 is 0 Å². The topological polar surface area (TPSA) is 66.4 Å². The summed E-state index contributed by atoms with van der Waals surface area (Å²) in [5.41, 5.74) is -0.0218. The first-order valence-electron chi connectivity index (χ1n) is 7.14. The average molecular weight is 332 g/mol. The highest BCUT2D eigenvalue weighted by molar-refractivity contribution is 7.90. The van der Waals surface area contributed by atoms with Crippen molar-refractivity contribution in [2.24, 2.45) is 0 Å². The molecule has 0 aromatic carbocycles. The number of aromatic nitrogens is 2. The predicted octanol–water partition coefficient (Wildman–Crippen LogP) is 1.00. The third-order valence-electron chi connectivity index (χ3n) is 3.51. The van der Waals surface area contributed by atoms with Gasteiger partial charge in [0, 0.05) is 55.9 Å². The van der Waals surface area contributed by atoms with Crippen LogP contribution in [0.5, 0.6) is 0 Å². The van der Waals surface area contributed by atoms with Crippen LogP contribution in [0.4, 0.5) is 5.13 Å². The fourth-order valence-corrected chi connectivity index (χ4v) is 3.60. The number of sulfone groups is 1. The Labute approximate surface area is 131 Å². The normalized spacial score (nSPS) is 18.2. The zero-order valence-electron chi connectivity index (χ0n) is 13.2. The van der Waals surface area contributed by atoms with Gasteiger partial charge in [0.1, 0.15) is 15.7 Å². The molecule has 0 atom stereocenters. The Morgan fingerprint density at radius 3 is 2.29 bits per heavy atom. The van der Waals surface area contributed by atoms with E-state index in [1.54, 1.807) is 0 Å². The minimum Gasteiger partial charge on any atom is -0.344 e. The van der Waals surface area contributed by atoms with Gasteiger partial charge in [-0.15, -0.1) is 0 Å². The Bertz CT molecular complexity index is 569. The van der Waals surface area contributed by atoms with Gasteiger partial charge in [-0.2, -0.15) is 4.37 Å². The molecule has 0 spiro atoms. The maximum absolute atomic E-state index is 11.2. The molecular weight excluding hydrogens is 308 g/mol. The van der Waals surface area contributed by atoms with Crippen molar-refractivity contribution in [1.82, 2.24) is 14.3 Å². The molecule has 2 rings (SSSR count). The van der Waals surface area contributed by atoms with E-state index < -0.39 is 9.84 Å². The molecule has 1 fully saturated rings. The molecule has 21 heavy (non-hydrogen) atoms. The Balaban J connectivity index is 1.88. The third-order valence-corrected chi connectivity index (χ3v) is 5.21. The summed E-state index contributed by atoms with van der Waals surface area (Å²) < 4.78 is 26.9. The molecule has 1 aromatic rings. The maximum atomic E-state index is 11.2. The van der Waals surface area contributed by atoms with E-state index in [0.717, 1.165) is 37.1 Å². The van der Waals surface area contributed by atoms with Gasteiger partial charge in [-0.05, 0) is 0 Å². The Hall–Kier alpha value is -0.730. The predicted molar refractivity (Wildman–Crippen MR) is 87.0 cm³/mol. The number of piperazine rings is 1. The van der Waals surface area contributed by atoms with E-state index >= 15 is 0 Å². The van der Waals surface area contributed by atoms with Crippen LogP contribution >= 0.6 is 11.5 Å². The Kier molecular flexibility index (Phi) is 4.89. The zero-order valence-corrected chi connectivity index (χ0v) is 14.8. The molecule has 1 saturated heterocycles. The Morgan fingerprint density at radius 2 is 1.81 bits per heavy atom. The molecule has 1 aromatic heterocycles. The fourth-order valence-electron chi connectivity index (χ4n) is 2.11. The first-order chi connectivity index (χ1) is 9.65. The summed E-state index contributed by atoms with van der Waals surface area (Å²) in [7, 11) is -2.88. The van der Waals surface area contributed by atoms with E-state index in [4.69, 9.17) is 0 Å². The summed E-state index contributed by atoms with van der Waals surface area (Å²) in [6, 6.07) is 0. The van der Waals surface area contributed by atoms with Gasteiger partial charge in [-0.3, -0.25) is 4.90 Å². The highest BCUT2D eigenvalue weighted by Crippen LogP contribution is 2.25. The molecule has 0 aliphatic carbocycles. The van der Waals surface area contributed by atoms with Crippen LogP contribution in [-0.4, -0.2) is 67.4 Å². The van der Waals surface area contributed by atoms with E-state index in [0.29, 0.717) is 6.54 Å². The van der Waals surface area contributed by atoms with Gasteiger partial charge < -0.3 is 4.90 Å². The second-order valence-corrected chi connectivity index (χ2v) is 9.60. The van der Waals surface area contributed by atoms with Gasteiger partial charge in [-0.25, -0.2) is 13.4 Å². The van der Waals surface area contributed by atoms with Crippen LogP contribution in [0.2, 0.25) is 0 Å². The van der Waals surface area contributed by atoms with Crippen LogP contribution in [-0.2, 0) is 15.3 Å². The number of anilines is 1.